The third-order valence-electron chi connectivity index (χ3n) is 2.70. The predicted octanol–water partition coefficient (Wildman–Crippen LogP) is 0.773. The van der Waals surface area contributed by atoms with Crippen LogP contribution in [0.15, 0.2) is 10.6 Å². The van der Waals surface area contributed by atoms with Gasteiger partial charge in [-0.2, -0.15) is 0 Å². The first-order chi connectivity index (χ1) is 7.66. The molecular formula is C11H16N2O3. The average molecular weight is 224 g/mol. The summed E-state index contributed by atoms with van der Waals surface area (Å²) in [4.78, 5) is 13.8. The van der Waals surface area contributed by atoms with Crippen molar-refractivity contribution in [1.29, 1.82) is 0 Å². The van der Waals surface area contributed by atoms with E-state index in [4.69, 9.17) is 9.26 Å². The van der Waals surface area contributed by atoms with Crippen molar-refractivity contribution >= 4 is 5.91 Å². The maximum atomic E-state index is 12.0. The minimum Gasteiger partial charge on any atom is -0.377 e. The van der Waals surface area contributed by atoms with Crippen molar-refractivity contribution in [1.82, 2.24) is 10.1 Å². The number of aryl methyl sites for hydroxylation is 1. The molecule has 1 atom stereocenters. The molecule has 5 heteroatoms. The lowest BCUT2D eigenvalue weighted by Gasteiger charge is -2.33. The fraction of sp³-hybridized carbons (Fsp3) is 0.636. The Morgan fingerprint density at radius 3 is 3.12 bits per heavy atom. The number of amides is 1. The van der Waals surface area contributed by atoms with Gasteiger partial charge in [-0.25, -0.2) is 0 Å². The summed E-state index contributed by atoms with van der Waals surface area (Å²) in [5.74, 6) is 0.821. The van der Waals surface area contributed by atoms with Gasteiger partial charge < -0.3 is 14.2 Å². The molecule has 0 saturated carbocycles. The molecule has 0 N–H and O–H groups in total. The molecule has 1 amide bonds. The van der Waals surface area contributed by atoms with Crippen LogP contribution < -0.4 is 0 Å². The molecule has 1 unspecified atom stereocenters. The minimum atomic E-state index is 0.0871. The third kappa shape index (κ3) is 2.41. The SMILES string of the molecule is Cc1cc(CC(=O)N2CCOCC2C)no1. The zero-order chi connectivity index (χ0) is 11.5. The first-order valence-electron chi connectivity index (χ1n) is 5.46. The summed E-state index contributed by atoms with van der Waals surface area (Å²) in [6.07, 6.45) is 0.307. The van der Waals surface area contributed by atoms with Gasteiger partial charge in [0.25, 0.3) is 0 Å². The van der Waals surface area contributed by atoms with Crippen LogP contribution in [-0.4, -0.2) is 41.8 Å². The van der Waals surface area contributed by atoms with E-state index in [0.717, 1.165) is 5.76 Å². The van der Waals surface area contributed by atoms with Gasteiger partial charge in [-0.3, -0.25) is 4.79 Å². The topological polar surface area (TPSA) is 55.6 Å². The van der Waals surface area contributed by atoms with E-state index in [9.17, 15) is 4.79 Å². The van der Waals surface area contributed by atoms with Crippen LogP contribution in [-0.2, 0) is 16.0 Å². The highest BCUT2D eigenvalue weighted by molar-refractivity contribution is 5.78. The summed E-state index contributed by atoms with van der Waals surface area (Å²) in [6.45, 7) is 5.71. The largest absolute Gasteiger partial charge is 0.377 e. The van der Waals surface area contributed by atoms with E-state index in [1.807, 2.05) is 18.7 Å². The van der Waals surface area contributed by atoms with Gasteiger partial charge in [0.05, 0.1) is 31.4 Å². The summed E-state index contributed by atoms with van der Waals surface area (Å²) in [5, 5.41) is 3.82. The highest BCUT2D eigenvalue weighted by Gasteiger charge is 2.24. The number of rotatable bonds is 2. The van der Waals surface area contributed by atoms with Gasteiger partial charge in [0.2, 0.25) is 5.91 Å². The second-order valence-electron chi connectivity index (χ2n) is 4.12. The fourth-order valence-electron chi connectivity index (χ4n) is 1.86. The second-order valence-corrected chi connectivity index (χ2v) is 4.12. The molecule has 0 aliphatic carbocycles. The van der Waals surface area contributed by atoms with Crippen molar-refractivity contribution in [3.8, 4) is 0 Å². The smallest absolute Gasteiger partial charge is 0.229 e. The Balaban J connectivity index is 1.96. The van der Waals surface area contributed by atoms with Crippen LogP contribution >= 0.6 is 0 Å². The number of nitrogens with zero attached hydrogens (tertiary/aromatic N) is 2. The molecule has 0 aromatic carbocycles. The van der Waals surface area contributed by atoms with Gasteiger partial charge in [-0.05, 0) is 13.8 Å². The zero-order valence-corrected chi connectivity index (χ0v) is 9.60. The molecule has 0 bridgehead atoms. The summed E-state index contributed by atoms with van der Waals surface area (Å²) >= 11 is 0. The van der Waals surface area contributed by atoms with Gasteiger partial charge in [-0.1, -0.05) is 5.16 Å². The lowest BCUT2D eigenvalue weighted by Crippen LogP contribution is -2.47. The third-order valence-corrected chi connectivity index (χ3v) is 2.70. The van der Waals surface area contributed by atoms with E-state index in [1.54, 1.807) is 6.07 Å². The van der Waals surface area contributed by atoms with Crippen LogP contribution in [0.5, 0.6) is 0 Å². The first kappa shape index (κ1) is 11.1. The van der Waals surface area contributed by atoms with Crippen molar-refractivity contribution in [3.63, 3.8) is 0 Å². The monoisotopic (exact) mass is 224 g/mol. The molecule has 2 heterocycles. The van der Waals surface area contributed by atoms with Crippen molar-refractivity contribution in [2.24, 2.45) is 0 Å². The Morgan fingerprint density at radius 1 is 1.69 bits per heavy atom. The van der Waals surface area contributed by atoms with Crippen molar-refractivity contribution in [3.05, 3.63) is 17.5 Å². The van der Waals surface area contributed by atoms with E-state index >= 15 is 0 Å². The van der Waals surface area contributed by atoms with Crippen LogP contribution in [0.1, 0.15) is 18.4 Å². The lowest BCUT2D eigenvalue weighted by atomic mass is 10.2. The lowest BCUT2D eigenvalue weighted by molar-refractivity contribution is -0.138. The van der Waals surface area contributed by atoms with Crippen LogP contribution in [0.4, 0.5) is 0 Å². The average Bonchev–Trinajstić information content (AvgIpc) is 2.64. The first-order valence-corrected chi connectivity index (χ1v) is 5.46. The maximum Gasteiger partial charge on any atom is 0.229 e. The minimum absolute atomic E-state index is 0.0871. The Hall–Kier alpha value is -1.36. The van der Waals surface area contributed by atoms with E-state index in [2.05, 4.69) is 5.16 Å². The Morgan fingerprint density at radius 2 is 2.50 bits per heavy atom. The van der Waals surface area contributed by atoms with Crippen molar-refractivity contribution < 1.29 is 14.1 Å². The van der Waals surface area contributed by atoms with Gasteiger partial charge in [-0.15, -0.1) is 0 Å². The molecule has 1 saturated heterocycles. The summed E-state index contributed by atoms with van der Waals surface area (Å²) < 4.78 is 10.2. The summed E-state index contributed by atoms with van der Waals surface area (Å²) in [7, 11) is 0. The molecule has 1 aliphatic rings. The number of carbonyl (C=O) groups excluding carboxylic acids is 1. The van der Waals surface area contributed by atoms with Crippen LogP contribution in [0.3, 0.4) is 0 Å². The summed E-state index contributed by atoms with van der Waals surface area (Å²) in [5.41, 5.74) is 0.696. The molecule has 1 aliphatic heterocycles. The quantitative estimate of drug-likeness (QED) is 0.744. The van der Waals surface area contributed by atoms with Crippen molar-refractivity contribution in [2.45, 2.75) is 26.3 Å². The van der Waals surface area contributed by atoms with Gasteiger partial charge >= 0.3 is 0 Å². The Bertz CT molecular complexity index is 375. The molecule has 5 nitrogen and oxygen atoms in total. The normalized spacial score (nSPS) is 21.1. The van der Waals surface area contributed by atoms with E-state index in [1.165, 1.54) is 0 Å². The standard InChI is InChI=1S/C11H16N2O3/c1-8-7-15-4-3-13(8)11(14)6-10-5-9(2)16-12-10/h5,8H,3-4,6-7H2,1-2H3. The number of morpholine rings is 1. The number of aromatic nitrogens is 1. The van der Waals surface area contributed by atoms with Crippen LogP contribution in [0.2, 0.25) is 0 Å². The number of hydrogen-bond acceptors (Lipinski definition) is 4. The highest BCUT2D eigenvalue weighted by atomic mass is 16.5. The fourth-order valence-corrected chi connectivity index (χ4v) is 1.86. The van der Waals surface area contributed by atoms with E-state index in [0.29, 0.717) is 31.9 Å². The highest BCUT2D eigenvalue weighted by Crippen LogP contribution is 2.10. The molecule has 1 aromatic rings. The van der Waals surface area contributed by atoms with Gasteiger partial charge in [0, 0.05) is 12.6 Å². The van der Waals surface area contributed by atoms with E-state index < -0.39 is 0 Å². The molecule has 1 fully saturated rings. The molecule has 0 spiro atoms. The second kappa shape index (κ2) is 4.65. The van der Waals surface area contributed by atoms with Gasteiger partial charge in [0.15, 0.2) is 0 Å². The number of carbonyl (C=O) groups is 1. The van der Waals surface area contributed by atoms with Crippen molar-refractivity contribution in [2.75, 3.05) is 19.8 Å². The molecule has 88 valence electrons. The number of ether oxygens (including phenoxy) is 1. The van der Waals surface area contributed by atoms with E-state index in [-0.39, 0.29) is 11.9 Å². The Kier molecular flexibility index (Phi) is 3.24. The molecular weight excluding hydrogens is 208 g/mol. The zero-order valence-electron chi connectivity index (χ0n) is 9.60. The molecule has 0 radical (unpaired) electrons. The molecule has 16 heavy (non-hydrogen) atoms. The molecule has 1 aromatic heterocycles. The Labute approximate surface area is 94.3 Å². The van der Waals surface area contributed by atoms with Crippen LogP contribution in [0.25, 0.3) is 0 Å². The van der Waals surface area contributed by atoms with Gasteiger partial charge in [0.1, 0.15) is 5.76 Å². The summed E-state index contributed by atoms with van der Waals surface area (Å²) in [6, 6.07) is 1.94. The predicted molar refractivity (Wildman–Crippen MR) is 56.9 cm³/mol. The van der Waals surface area contributed by atoms with Crippen LogP contribution in [0, 0.1) is 6.92 Å². The maximum absolute atomic E-state index is 12.0. The number of hydrogen-bond donors (Lipinski definition) is 0. The molecule has 2 rings (SSSR count).